The fourth-order valence-electron chi connectivity index (χ4n) is 2.72. The second-order valence-electron chi connectivity index (χ2n) is 6.61. The predicted octanol–water partition coefficient (Wildman–Crippen LogP) is 4.67. The van der Waals surface area contributed by atoms with E-state index in [9.17, 15) is 13.2 Å². The normalized spacial score (nSPS) is 11.3. The lowest BCUT2D eigenvalue weighted by Crippen LogP contribution is -2.31. The lowest BCUT2D eigenvalue weighted by Gasteiger charge is -2.22. The minimum atomic E-state index is -3.50. The number of hydrogen-bond acceptors (Lipinski definition) is 7. The standard InChI is InChI=1S/C20H21ClN4O3S3/c1-31(27,28)25(17-10-5-9-16(21)13-17)12-6-11-18(26)22-19-23-24-20(30-19)29-14-15-7-3-2-4-8-15/h2-5,7-10,13H,6,11-12,14H2,1H3,(H,22,23,26). The molecule has 0 fully saturated rings. The van der Waals surface area contributed by atoms with Crippen LogP contribution in [0.4, 0.5) is 10.8 Å². The number of anilines is 2. The highest BCUT2D eigenvalue weighted by Crippen LogP contribution is 2.28. The van der Waals surface area contributed by atoms with E-state index in [-0.39, 0.29) is 18.9 Å². The van der Waals surface area contributed by atoms with E-state index in [0.717, 1.165) is 16.3 Å². The molecule has 164 valence electrons. The first-order valence-corrected chi connectivity index (χ1v) is 13.4. The predicted molar refractivity (Wildman–Crippen MR) is 127 cm³/mol. The molecule has 7 nitrogen and oxygen atoms in total. The first kappa shape index (κ1) is 23.5. The number of aromatic nitrogens is 2. The van der Waals surface area contributed by atoms with Gasteiger partial charge in [-0.1, -0.05) is 71.1 Å². The number of benzene rings is 2. The molecule has 3 rings (SSSR count). The Morgan fingerprint density at radius 1 is 1.16 bits per heavy atom. The summed E-state index contributed by atoms with van der Waals surface area (Å²) in [5, 5.41) is 11.7. The van der Waals surface area contributed by atoms with Crippen LogP contribution < -0.4 is 9.62 Å². The lowest BCUT2D eigenvalue weighted by atomic mass is 10.2. The Morgan fingerprint density at radius 3 is 2.65 bits per heavy atom. The molecule has 31 heavy (non-hydrogen) atoms. The molecule has 3 aromatic rings. The highest BCUT2D eigenvalue weighted by Gasteiger charge is 2.18. The summed E-state index contributed by atoms with van der Waals surface area (Å²) in [6.07, 6.45) is 1.63. The topological polar surface area (TPSA) is 92.3 Å². The zero-order chi connectivity index (χ0) is 22.3. The van der Waals surface area contributed by atoms with Crippen LogP contribution in [0.1, 0.15) is 18.4 Å². The molecule has 1 heterocycles. The molecule has 1 aromatic heterocycles. The van der Waals surface area contributed by atoms with Crippen molar-refractivity contribution in [3.8, 4) is 0 Å². The van der Waals surface area contributed by atoms with Gasteiger partial charge in [0.2, 0.25) is 21.1 Å². The van der Waals surface area contributed by atoms with E-state index in [1.165, 1.54) is 21.2 Å². The van der Waals surface area contributed by atoms with Crippen molar-refractivity contribution in [3.63, 3.8) is 0 Å². The fraction of sp³-hybridized carbons (Fsp3) is 0.250. The first-order chi connectivity index (χ1) is 14.8. The summed E-state index contributed by atoms with van der Waals surface area (Å²) >= 11 is 8.84. The molecule has 11 heteroatoms. The molecule has 0 spiro atoms. The minimum absolute atomic E-state index is 0.151. The van der Waals surface area contributed by atoms with E-state index in [1.807, 2.05) is 30.3 Å². The highest BCUT2D eigenvalue weighted by molar-refractivity contribution is 8.00. The molecule has 0 aliphatic carbocycles. The third kappa shape index (κ3) is 7.49. The molecule has 0 radical (unpaired) electrons. The minimum Gasteiger partial charge on any atom is -0.301 e. The molecule has 0 saturated heterocycles. The van der Waals surface area contributed by atoms with Crippen LogP contribution in [0.2, 0.25) is 5.02 Å². The van der Waals surface area contributed by atoms with Crippen LogP contribution in [0.3, 0.4) is 0 Å². The number of nitrogens with one attached hydrogen (secondary N) is 1. The van der Waals surface area contributed by atoms with Crippen LogP contribution >= 0.6 is 34.7 Å². The van der Waals surface area contributed by atoms with Crippen LogP contribution in [0.5, 0.6) is 0 Å². The number of hydrogen-bond donors (Lipinski definition) is 1. The molecule has 0 aliphatic rings. The molecule has 0 saturated carbocycles. The zero-order valence-corrected chi connectivity index (χ0v) is 19.9. The van der Waals surface area contributed by atoms with Crippen molar-refractivity contribution in [3.05, 3.63) is 65.2 Å². The van der Waals surface area contributed by atoms with Crippen LogP contribution in [0, 0.1) is 0 Å². The number of sulfonamides is 1. The number of carbonyl (C=O) groups is 1. The van der Waals surface area contributed by atoms with Crippen LogP contribution in [0.15, 0.2) is 58.9 Å². The molecule has 1 N–H and O–H groups in total. The van der Waals surface area contributed by atoms with Gasteiger partial charge in [-0.15, -0.1) is 10.2 Å². The summed E-state index contributed by atoms with van der Waals surface area (Å²) < 4.78 is 26.3. The number of carbonyl (C=O) groups excluding carboxylic acids is 1. The number of halogens is 1. The Labute approximate surface area is 194 Å². The van der Waals surface area contributed by atoms with E-state index < -0.39 is 10.0 Å². The Balaban J connectivity index is 1.49. The van der Waals surface area contributed by atoms with Crippen LogP contribution in [-0.2, 0) is 20.6 Å². The summed E-state index contributed by atoms with van der Waals surface area (Å²) in [5.41, 5.74) is 1.66. The Bertz CT molecular complexity index is 1120. The van der Waals surface area contributed by atoms with Crippen molar-refractivity contribution < 1.29 is 13.2 Å². The summed E-state index contributed by atoms with van der Waals surface area (Å²) in [7, 11) is -3.50. The van der Waals surface area contributed by atoms with Gasteiger partial charge >= 0.3 is 0 Å². The molecule has 1 amide bonds. The van der Waals surface area contributed by atoms with Gasteiger partial charge in [0, 0.05) is 23.7 Å². The van der Waals surface area contributed by atoms with E-state index in [1.54, 1.807) is 36.0 Å². The van der Waals surface area contributed by atoms with E-state index in [0.29, 0.717) is 22.3 Å². The van der Waals surface area contributed by atoms with Gasteiger partial charge in [-0.2, -0.15) is 0 Å². The molecular weight excluding hydrogens is 476 g/mol. The summed E-state index contributed by atoms with van der Waals surface area (Å²) in [4.78, 5) is 12.3. The van der Waals surface area contributed by atoms with E-state index in [2.05, 4.69) is 15.5 Å². The number of nitrogens with zero attached hydrogens (tertiary/aromatic N) is 3. The van der Waals surface area contributed by atoms with Crippen molar-refractivity contribution >= 4 is 61.4 Å². The van der Waals surface area contributed by atoms with Crippen molar-refractivity contribution in [1.29, 1.82) is 0 Å². The van der Waals surface area contributed by atoms with Crippen molar-refractivity contribution in [2.75, 3.05) is 22.4 Å². The number of thioether (sulfide) groups is 1. The average molecular weight is 497 g/mol. The first-order valence-electron chi connectivity index (χ1n) is 9.34. The molecule has 0 unspecified atom stereocenters. The Hall–Kier alpha value is -2.14. The highest BCUT2D eigenvalue weighted by atomic mass is 35.5. The number of amides is 1. The molecule has 0 aliphatic heterocycles. The second kappa shape index (κ2) is 10.9. The Morgan fingerprint density at radius 2 is 1.94 bits per heavy atom. The van der Waals surface area contributed by atoms with Gasteiger partial charge in [-0.05, 0) is 30.2 Å². The van der Waals surface area contributed by atoms with Gasteiger partial charge in [-0.25, -0.2) is 8.42 Å². The molecular formula is C20H21ClN4O3S3. The van der Waals surface area contributed by atoms with Gasteiger partial charge in [-0.3, -0.25) is 9.10 Å². The summed E-state index contributed by atoms with van der Waals surface area (Å²) in [5.74, 6) is 0.532. The van der Waals surface area contributed by atoms with Gasteiger partial charge in [0.05, 0.1) is 11.9 Å². The van der Waals surface area contributed by atoms with Crippen molar-refractivity contribution in [2.24, 2.45) is 0 Å². The van der Waals surface area contributed by atoms with Crippen LogP contribution in [0.25, 0.3) is 0 Å². The van der Waals surface area contributed by atoms with E-state index in [4.69, 9.17) is 11.6 Å². The van der Waals surface area contributed by atoms with E-state index >= 15 is 0 Å². The molecule has 0 atom stereocenters. The lowest BCUT2D eigenvalue weighted by molar-refractivity contribution is -0.116. The monoisotopic (exact) mass is 496 g/mol. The maximum absolute atomic E-state index is 12.3. The third-order valence-corrected chi connectivity index (χ3v) is 7.59. The largest absolute Gasteiger partial charge is 0.301 e. The van der Waals surface area contributed by atoms with Gasteiger partial charge in [0.15, 0.2) is 4.34 Å². The summed E-state index contributed by atoms with van der Waals surface area (Å²) in [6.45, 7) is 0.168. The quantitative estimate of drug-likeness (QED) is 0.324. The molecule has 2 aromatic carbocycles. The van der Waals surface area contributed by atoms with Crippen LogP contribution in [-0.4, -0.2) is 37.3 Å². The second-order valence-corrected chi connectivity index (χ2v) is 11.2. The SMILES string of the molecule is CS(=O)(=O)N(CCCC(=O)Nc1nnc(SCc2ccccc2)s1)c1cccc(Cl)c1. The van der Waals surface area contributed by atoms with Gasteiger partial charge < -0.3 is 5.32 Å². The maximum Gasteiger partial charge on any atom is 0.232 e. The Kier molecular flexibility index (Phi) is 8.30. The smallest absolute Gasteiger partial charge is 0.232 e. The number of rotatable bonds is 10. The van der Waals surface area contributed by atoms with Crippen molar-refractivity contribution in [2.45, 2.75) is 22.9 Å². The van der Waals surface area contributed by atoms with Crippen molar-refractivity contribution in [1.82, 2.24) is 10.2 Å². The van der Waals surface area contributed by atoms with Gasteiger partial charge in [0.1, 0.15) is 0 Å². The maximum atomic E-state index is 12.3. The molecule has 0 bridgehead atoms. The summed E-state index contributed by atoms with van der Waals surface area (Å²) in [6, 6.07) is 16.6. The third-order valence-electron chi connectivity index (χ3n) is 4.12. The fourth-order valence-corrected chi connectivity index (χ4v) is 5.59. The van der Waals surface area contributed by atoms with Gasteiger partial charge in [0.25, 0.3) is 0 Å². The zero-order valence-electron chi connectivity index (χ0n) is 16.7. The average Bonchev–Trinajstić information content (AvgIpc) is 3.16.